The van der Waals surface area contributed by atoms with Crippen LogP contribution >= 0.6 is 0 Å². The van der Waals surface area contributed by atoms with Gasteiger partial charge in [-0.15, -0.1) is 0 Å². The lowest BCUT2D eigenvalue weighted by Gasteiger charge is -2.32. The second kappa shape index (κ2) is 15.9. The third-order valence-corrected chi connectivity index (χ3v) is 9.14. The van der Waals surface area contributed by atoms with Crippen LogP contribution in [0, 0.1) is 0 Å². The lowest BCUT2D eigenvalue weighted by molar-refractivity contribution is -0.883. The van der Waals surface area contributed by atoms with Gasteiger partial charge < -0.3 is 35.8 Å². The van der Waals surface area contributed by atoms with Crippen molar-refractivity contribution in [3.63, 3.8) is 0 Å². The van der Waals surface area contributed by atoms with Gasteiger partial charge >= 0.3 is 0 Å². The summed E-state index contributed by atoms with van der Waals surface area (Å²) < 4.78 is 3.17. The van der Waals surface area contributed by atoms with Crippen molar-refractivity contribution in [1.82, 2.24) is 14.5 Å². The Morgan fingerprint density at radius 2 is 1.33 bits per heavy atom. The van der Waals surface area contributed by atoms with Crippen molar-refractivity contribution in [2.75, 3.05) is 59.3 Å². The maximum atomic E-state index is 13.3. The number of imidazole rings is 1. The molecule has 0 aliphatic carbocycles. The van der Waals surface area contributed by atoms with Crippen LogP contribution in [0.3, 0.4) is 0 Å². The van der Waals surface area contributed by atoms with Gasteiger partial charge in [-0.1, -0.05) is 75.2 Å². The average Bonchev–Trinajstić information content (AvgIpc) is 3.43. The number of nitrogens with zero attached hydrogens (tertiary/aromatic N) is 5. The lowest BCUT2D eigenvalue weighted by Crippen LogP contribution is -3.00. The fraction of sp³-hybridized carbons (Fsp3) is 0.436. The van der Waals surface area contributed by atoms with E-state index in [1.54, 1.807) is 0 Å². The summed E-state index contributed by atoms with van der Waals surface area (Å²) in [4.78, 5) is 22.9. The maximum absolute atomic E-state index is 13.3. The number of hydrogen-bond donors (Lipinski definition) is 0. The first-order valence-corrected chi connectivity index (χ1v) is 16.9. The fourth-order valence-corrected chi connectivity index (χ4v) is 6.52. The quantitative estimate of drug-likeness (QED) is 0.0846. The summed E-state index contributed by atoms with van der Waals surface area (Å²) in [5.74, 6) is 1.31. The van der Waals surface area contributed by atoms with Crippen LogP contribution in [0.2, 0.25) is 0 Å². The number of halogens is 1. The van der Waals surface area contributed by atoms with Crippen molar-refractivity contribution in [2.24, 2.45) is 0 Å². The van der Waals surface area contributed by atoms with E-state index < -0.39 is 0 Å². The minimum absolute atomic E-state index is 0. The third kappa shape index (κ3) is 7.92. The summed E-state index contributed by atoms with van der Waals surface area (Å²) >= 11 is 0. The molecule has 0 saturated heterocycles. The molecule has 7 heteroatoms. The van der Waals surface area contributed by atoms with Crippen LogP contribution in [0.15, 0.2) is 72.8 Å². The van der Waals surface area contributed by atoms with Crippen molar-refractivity contribution in [3.8, 4) is 11.4 Å². The Bertz CT molecular complexity index is 1730. The number of aromatic nitrogens is 2. The Labute approximate surface area is 286 Å². The summed E-state index contributed by atoms with van der Waals surface area (Å²) in [5.41, 5.74) is 4.58. The molecule has 46 heavy (non-hydrogen) atoms. The van der Waals surface area contributed by atoms with Gasteiger partial charge in [0, 0.05) is 55.8 Å². The highest BCUT2D eigenvalue weighted by molar-refractivity contribution is 6.23. The zero-order valence-corrected chi connectivity index (χ0v) is 30.3. The molecule has 1 heterocycles. The number of fused-ring (bicyclic) bond motifs is 6. The summed E-state index contributed by atoms with van der Waals surface area (Å²) in [6, 6.07) is 26.2. The first-order valence-electron chi connectivity index (χ1n) is 16.9. The van der Waals surface area contributed by atoms with Crippen molar-refractivity contribution in [2.45, 2.75) is 58.9 Å². The van der Waals surface area contributed by atoms with Gasteiger partial charge in [0.1, 0.15) is 5.82 Å². The van der Waals surface area contributed by atoms with E-state index in [9.17, 15) is 4.79 Å². The normalized spacial score (nSPS) is 11.7. The number of quaternary nitrogens is 1. The van der Waals surface area contributed by atoms with Crippen LogP contribution in [-0.4, -0.2) is 79.2 Å². The van der Waals surface area contributed by atoms with Crippen molar-refractivity contribution < 1.29 is 26.3 Å². The molecule has 0 bridgehead atoms. The van der Waals surface area contributed by atoms with Crippen LogP contribution in [0.5, 0.6) is 0 Å². The summed E-state index contributed by atoms with van der Waals surface area (Å²) in [6.07, 6.45) is 6.43. The van der Waals surface area contributed by atoms with E-state index in [0.717, 1.165) is 81.6 Å². The van der Waals surface area contributed by atoms with Crippen LogP contribution < -0.4 is 21.9 Å². The highest BCUT2D eigenvalue weighted by atomic mass is 79.9. The van der Waals surface area contributed by atoms with E-state index in [1.807, 2.05) is 0 Å². The van der Waals surface area contributed by atoms with Crippen molar-refractivity contribution in [3.05, 3.63) is 72.8 Å². The number of hydrogen-bond acceptors (Lipinski definition) is 3. The summed E-state index contributed by atoms with van der Waals surface area (Å²) in [7, 11) is 8.56. The smallest absolute Gasteiger partial charge is 0.277 e. The van der Waals surface area contributed by atoms with E-state index in [2.05, 4.69) is 129 Å². The standard InChI is InChI=1S/C39H52N5O.BrH/c1-7-9-25-42(26-10-8-2)36(45)29-44(5,6)28-16-15-27-43-38-35-20-14-12-18-33(35)32-17-11-13-19-34(32)37(38)40-39(43)30-21-23-31(24-22-30)41(3)4;/h11-14,17-24H,7-10,15-16,25-29H2,1-6H3;1H/q+1;/p-1. The van der Waals surface area contributed by atoms with Gasteiger partial charge in [0.25, 0.3) is 5.91 Å². The molecule has 0 aliphatic heterocycles. The third-order valence-electron chi connectivity index (χ3n) is 9.14. The molecule has 6 nitrogen and oxygen atoms in total. The zero-order chi connectivity index (χ0) is 32.0. The Morgan fingerprint density at radius 3 is 1.91 bits per heavy atom. The van der Waals surface area contributed by atoms with Gasteiger partial charge in [0.15, 0.2) is 6.54 Å². The zero-order valence-electron chi connectivity index (χ0n) is 28.7. The van der Waals surface area contributed by atoms with Crippen LogP contribution in [0.1, 0.15) is 52.4 Å². The van der Waals surface area contributed by atoms with Gasteiger partial charge in [0.05, 0.1) is 31.7 Å². The van der Waals surface area contributed by atoms with Gasteiger partial charge in [-0.05, 0) is 60.7 Å². The number of likely N-dealkylation sites (N-methyl/N-ethyl adjacent to an activating group) is 1. The van der Waals surface area contributed by atoms with Gasteiger partial charge in [-0.2, -0.15) is 0 Å². The Morgan fingerprint density at radius 1 is 0.761 bits per heavy atom. The molecule has 5 aromatic rings. The SMILES string of the molecule is CCCCN(CCCC)C(=O)C[N+](C)(C)CCCCn1c(-c2ccc(N(C)C)cc2)nc2c3ccccc3c3ccccc3c21.[Br-]. The van der Waals surface area contributed by atoms with E-state index in [1.165, 1.54) is 32.7 Å². The largest absolute Gasteiger partial charge is 1.00 e. The summed E-state index contributed by atoms with van der Waals surface area (Å²) in [5, 5.41) is 4.96. The molecule has 5 rings (SSSR count). The molecule has 0 unspecified atom stereocenters. The second-order valence-corrected chi connectivity index (χ2v) is 13.4. The minimum Gasteiger partial charge on any atom is -1.00 e. The molecule has 0 radical (unpaired) electrons. The molecule has 4 aromatic carbocycles. The number of carbonyl (C=O) groups excluding carboxylic acids is 1. The maximum Gasteiger partial charge on any atom is 0.277 e. The summed E-state index contributed by atoms with van der Waals surface area (Å²) in [6.45, 7) is 8.54. The highest BCUT2D eigenvalue weighted by Gasteiger charge is 2.24. The van der Waals surface area contributed by atoms with Gasteiger partial charge in [0.2, 0.25) is 0 Å². The number of benzene rings is 4. The number of amides is 1. The van der Waals surface area contributed by atoms with Crippen LogP contribution in [-0.2, 0) is 11.3 Å². The van der Waals surface area contributed by atoms with Gasteiger partial charge in [-0.25, -0.2) is 4.98 Å². The molecular formula is C39H52BrN5O. The van der Waals surface area contributed by atoms with Crippen LogP contribution in [0.4, 0.5) is 5.69 Å². The molecule has 0 N–H and O–H groups in total. The Kier molecular flexibility index (Phi) is 12.3. The second-order valence-electron chi connectivity index (χ2n) is 13.4. The van der Waals surface area contributed by atoms with E-state index in [4.69, 9.17) is 4.98 Å². The van der Waals surface area contributed by atoms with Crippen LogP contribution in [0.25, 0.3) is 44.0 Å². The highest BCUT2D eigenvalue weighted by Crippen LogP contribution is 2.37. The molecule has 0 aliphatic rings. The molecule has 0 fully saturated rings. The first kappa shape index (κ1) is 35.4. The predicted molar refractivity (Wildman–Crippen MR) is 192 cm³/mol. The number of aryl methyl sites for hydroxylation is 1. The minimum atomic E-state index is 0. The van der Waals surface area contributed by atoms with E-state index >= 15 is 0 Å². The van der Waals surface area contributed by atoms with Gasteiger partial charge in [-0.3, -0.25) is 4.79 Å². The molecule has 0 spiro atoms. The number of unbranched alkanes of at least 4 members (excludes halogenated alkanes) is 3. The molecule has 1 amide bonds. The molecule has 0 saturated carbocycles. The van der Waals surface area contributed by atoms with E-state index in [0.29, 0.717) is 16.9 Å². The number of carbonyl (C=O) groups is 1. The molecule has 1 aromatic heterocycles. The van der Waals surface area contributed by atoms with Crippen molar-refractivity contribution >= 4 is 44.2 Å². The van der Waals surface area contributed by atoms with E-state index in [-0.39, 0.29) is 17.0 Å². The predicted octanol–water partition coefficient (Wildman–Crippen LogP) is 5.37. The number of anilines is 1. The lowest BCUT2D eigenvalue weighted by atomic mass is 10.00. The monoisotopic (exact) mass is 685 g/mol. The molecular weight excluding hydrogens is 634 g/mol. The Balaban J connectivity index is 0.00000480. The first-order chi connectivity index (χ1) is 21.7. The molecule has 0 atom stereocenters. The topological polar surface area (TPSA) is 41.4 Å². The average molecular weight is 687 g/mol. The Hall–Kier alpha value is -3.42. The fourth-order valence-electron chi connectivity index (χ4n) is 6.52. The van der Waals surface area contributed by atoms with Crippen molar-refractivity contribution in [1.29, 1.82) is 0 Å². The molecule has 246 valence electrons. The number of rotatable bonds is 15.